The van der Waals surface area contributed by atoms with Crippen molar-refractivity contribution >= 4 is 17.6 Å². The van der Waals surface area contributed by atoms with Gasteiger partial charge in [-0.15, -0.1) is 0 Å². The largest absolute Gasteiger partial charge is 0.337 e. The van der Waals surface area contributed by atoms with Gasteiger partial charge in [0.2, 0.25) is 11.7 Å². The zero-order valence-corrected chi connectivity index (χ0v) is 13.8. The molecule has 0 fully saturated rings. The monoisotopic (exact) mass is 322 g/mol. The fourth-order valence-corrected chi connectivity index (χ4v) is 1.85. The first-order valence-electron chi connectivity index (χ1n) is 6.86. The summed E-state index contributed by atoms with van der Waals surface area (Å²) in [6.45, 7) is 6.00. The number of benzene rings is 1. The van der Waals surface area contributed by atoms with E-state index >= 15 is 0 Å². The number of nitrogens with zero attached hydrogens (tertiary/aromatic N) is 3. The van der Waals surface area contributed by atoms with Gasteiger partial charge in [-0.25, -0.2) is 4.79 Å². The Kier molecular flexibility index (Phi) is 4.71. The molecule has 0 bridgehead atoms. The van der Waals surface area contributed by atoms with E-state index in [0.717, 1.165) is 5.56 Å². The van der Waals surface area contributed by atoms with E-state index in [1.165, 1.54) is 4.90 Å². The molecule has 2 rings (SSSR count). The number of amides is 2. The predicted molar refractivity (Wildman–Crippen MR) is 84.5 cm³/mol. The maximum Gasteiger partial charge on any atom is 0.318 e. The van der Waals surface area contributed by atoms with Gasteiger partial charge in [-0.3, -0.25) is 0 Å². The Morgan fingerprint density at radius 1 is 1.32 bits per heavy atom. The number of aromatic nitrogens is 2. The van der Waals surface area contributed by atoms with Crippen molar-refractivity contribution in [3.8, 4) is 11.4 Å². The molecule has 2 aromatic rings. The molecule has 0 radical (unpaired) electrons. The minimum absolute atomic E-state index is 0.196. The van der Waals surface area contributed by atoms with Gasteiger partial charge in [-0.05, 0) is 45.0 Å². The molecule has 1 heterocycles. The van der Waals surface area contributed by atoms with Gasteiger partial charge < -0.3 is 14.7 Å². The lowest BCUT2D eigenvalue weighted by molar-refractivity contribution is 0.190. The Morgan fingerprint density at radius 3 is 2.55 bits per heavy atom. The average Bonchev–Trinajstić information content (AvgIpc) is 2.86. The number of halogens is 1. The molecular formula is C15H19ClN4O2. The Hall–Kier alpha value is -2.08. The van der Waals surface area contributed by atoms with Crippen molar-refractivity contribution in [3.05, 3.63) is 35.2 Å². The highest BCUT2D eigenvalue weighted by molar-refractivity contribution is 6.30. The topological polar surface area (TPSA) is 71.3 Å². The standard InChI is InChI=1S/C15H19ClN4O2/c1-15(2,3)18-14(21)20(4)9-12-17-13(19-22-12)10-5-7-11(16)8-6-10/h5-8H,9H2,1-4H3,(H,18,21). The van der Waals surface area contributed by atoms with Gasteiger partial charge in [0.25, 0.3) is 0 Å². The third-order valence-electron chi connectivity index (χ3n) is 2.77. The van der Waals surface area contributed by atoms with Gasteiger partial charge in [0.05, 0.1) is 0 Å². The third-order valence-corrected chi connectivity index (χ3v) is 3.02. The first kappa shape index (κ1) is 16.3. The summed E-state index contributed by atoms with van der Waals surface area (Å²) in [6, 6.07) is 6.95. The van der Waals surface area contributed by atoms with E-state index in [4.69, 9.17) is 16.1 Å². The quantitative estimate of drug-likeness (QED) is 0.940. The highest BCUT2D eigenvalue weighted by Crippen LogP contribution is 2.19. The molecule has 7 heteroatoms. The first-order valence-corrected chi connectivity index (χ1v) is 7.24. The summed E-state index contributed by atoms with van der Waals surface area (Å²) in [5, 5.41) is 7.43. The molecule has 2 amide bonds. The molecule has 1 aromatic carbocycles. The van der Waals surface area contributed by atoms with Crippen LogP contribution >= 0.6 is 11.6 Å². The van der Waals surface area contributed by atoms with Crippen molar-refractivity contribution in [2.24, 2.45) is 0 Å². The van der Waals surface area contributed by atoms with E-state index in [9.17, 15) is 4.79 Å². The van der Waals surface area contributed by atoms with E-state index < -0.39 is 0 Å². The van der Waals surface area contributed by atoms with E-state index in [-0.39, 0.29) is 18.1 Å². The molecule has 0 aliphatic heterocycles. The number of carbonyl (C=O) groups is 1. The van der Waals surface area contributed by atoms with Gasteiger partial charge in [0.1, 0.15) is 6.54 Å². The maximum absolute atomic E-state index is 12.0. The normalized spacial score (nSPS) is 11.3. The summed E-state index contributed by atoms with van der Waals surface area (Å²) in [5.74, 6) is 0.841. The maximum atomic E-state index is 12.0. The van der Waals surface area contributed by atoms with Crippen molar-refractivity contribution < 1.29 is 9.32 Å². The second-order valence-corrected chi connectivity index (χ2v) is 6.49. The van der Waals surface area contributed by atoms with Crippen LogP contribution in [0.5, 0.6) is 0 Å². The summed E-state index contributed by atoms with van der Waals surface area (Å²) in [4.78, 5) is 17.8. The van der Waals surface area contributed by atoms with Gasteiger partial charge in [-0.2, -0.15) is 4.98 Å². The summed E-state index contributed by atoms with van der Waals surface area (Å²) in [7, 11) is 1.67. The molecule has 0 unspecified atom stereocenters. The van der Waals surface area contributed by atoms with E-state index in [1.807, 2.05) is 32.9 Å². The Bertz CT molecular complexity index is 646. The van der Waals surface area contributed by atoms with Crippen LogP contribution in [0.3, 0.4) is 0 Å². The Labute approximate surface area is 134 Å². The van der Waals surface area contributed by atoms with Gasteiger partial charge in [-0.1, -0.05) is 16.8 Å². The molecular weight excluding hydrogens is 304 g/mol. The van der Waals surface area contributed by atoms with Crippen molar-refractivity contribution in [2.75, 3.05) is 7.05 Å². The highest BCUT2D eigenvalue weighted by atomic mass is 35.5. The minimum atomic E-state index is -0.297. The number of nitrogens with one attached hydrogen (secondary N) is 1. The number of hydrogen-bond acceptors (Lipinski definition) is 4. The fourth-order valence-electron chi connectivity index (χ4n) is 1.73. The van der Waals surface area contributed by atoms with Crippen LogP contribution in [0.2, 0.25) is 5.02 Å². The summed E-state index contributed by atoms with van der Waals surface area (Å²) in [5.41, 5.74) is 0.510. The first-order chi connectivity index (χ1) is 10.2. The molecule has 118 valence electrons. The zero-order chi connectivity index (χ0) is 16.3. The molecule has 0 aliphatic carbocycles. The Balaban J connectivity index is 2.03. The number of rotatable bonds is 3. The Morgan fingerprint density at radius 2 is 1.95 bits per heavy atom. The van der Waals surface area contributed by atoms with Crippen LogP contribution in [-0.2, 0) is 6.54 Å². The summed E-state index contributed by atoms with van der Waals surface area (Å²) >= 11 is 5.85. The lowest BCUT2D eigenvalue weighted by Crippen LogP contribution is -2.46. The molecule has 0 spiro atoms. The predicted octanol–water partition coefficient (Wildman–Crippen LogP) is 3.33. The third kappa shape index (κ3) is 4.46. The van der Waals surface area contributed by atoms with Crippen LogP contribution in [0.15, 0.2) is 28.8 Å². The zero-order valence-electron chi connectivity index (χ0n) is 13.1. The number of hydrogen-bond donors (Lipinski definition) is 1. The van der Waals surface area contributed by atoms with Crippen molar-refractivity contribution in [2.45, 2.75) is 32.9 Å². The second kappa shape index (κ2) is 6.36. The number of urea groups is 1. The van der Waals surface area contributed by atoms with Gasteiger partial charge in [0, 0.05) is 23.2 Å². The molecule has 1 N–H and O–H groups in total. The van der Waals surface area contributed by atoms with Crippen LogP contribution in [0, 0.1) is 0 Å². The number of carbonyl (C=O) groups excluding carboxylic acids is 1. The van der Waals surface area contributed by atoms with E-state index in [1.54, 1.807) is 19.2 Å². The highest BCUT2D eigenvalue weighted by Gasteiger charge is 2.19. The van der Waals surface area contributed by atoms with Crippen molar-refractivity contribution in [1.29, 1.82) is 0 Å². The van der Waals surface area contributed by atoms with Gasteiger partial charge in [0.15, 0.2) is 0 Å². The van der Waals surface area contributed by atoms with E-state index in [0.29, 0.717) is 16.7 Å². The molecule has 22 heavy (non-hydrogen) atoms. The summed E-state index contributed by atoms with van der Waals surface area (Å²) in [6.07, 6.45) is 0. The lowest BCUT2D eigenvalue weighted by atomic mass is 10.1. The van der Waals surface area contributed by atoms with Gasteiger partial charge >= 0.3 is 6.03 Å². The van der Waals surface area contributed by atoms with Crippen LogP contribution in [0.25, 0.3) is 11.4 Å². The van der Waals surface area contributed by atoms with Crippen molar-refractivity contribution in [3.63, 3.8) is 0 Å². The smallest absolute Gasteiger partial charge is 0.318 e. The van der Waals surface area contributed by atoms with Crippen molar-refractivity contribution in [1.82, 2.24) is 20.4 Å². The molecule has 0 aliphatic rings. The molecule has 1 aromatic heterocycles. The fraction of sp³-hybridized carbons (Fsp3) is 0.400. The van der Waals surface area contributed by atoms with Crippen LogP contribution in [0.1, 0.15) is 26.7 Å². The average molecular weight is 323 g/mol. The molecule has 0 saturated carbocycles. The van der Waals surface area contributed by atoms with Crippen LogP contribution < -0.4 is 5.32 Å². The molecule has 0 saturated heterocycles. The molecule has 0 atom stereocenters. The van der Waals surface area contributed by atoms with Crippen LogP contribution in [0.4, 0.5) is 4.79 Å². The second-order valence-electron chi connectivity index (χ2n) is 6.05. The SMILES string of the molecule is CN(Cc1nc(-c2ccc(Cl)cc2)no1)C(=O)NC(C)(C)C. The summed E-state index contributed by atoms with van der Waals surface area (Å²) < 4.78 is 5.18. The van der Waals surface area contributed by atoms with E-state index in [2.05, 4.69) is 15.5 Å². The van der Waals surface area contributed by atoms with Crippen LogP contribution in [-0.4, -0.2) is 33.7 Å². The lowest BCUT2D eigenvalue weighted by Gasteiger charge is -2.24. The minimum Gasteiger partial charge on any atom is -0.337 e. The molecule has 6 nitrogen and oxygen atoms in total.